The Kier molecular flexibility index (Phi) is 4.98. The highest BCUT2D eigenvalue weighted by molar-refractivity contribution is 7.89. The number of nitrogens with zero attached hydrogens (tertiary/aromatic N) is 2. The second-order valence-electron chi connectivity index (χ2n) is 5.49. The third-order valence-electron chi connectivity index (χ3n) is 4.01. The van der Waals surface area contributed by atoms with E-state index in [1.807, 2.05) is 7.05 Å². The predicted octanol–water partition coefficient (Wildman–Crippen LogP) is 1.03. The normalized spacial score (nSPS) is 20.3. The summed E-state index contributed by atoms with van der Waals surface area (Å²) in [6, 6.07) is 3.81. The number of hydrogen-bond acceptors (Lipinski definition) is 4. The van der Waals surface area contributed by atoms with Gasteiger partial charge >= 0.3 is 0 Å². The number of sulfonamides is 1. The van der Waals surface area contributed by atoms with Crippen molar-refractivity contribution in [2.75, 3.05) is 27.2 Å². The van der Waals surface area contributed by atoms with E-state index in [4.69, 9.17) is 5.11 Å². The maximum atomic E-state index is 13.9. The maximum Gasteiger partial charge on any atom is 0.245 e. The van der Waals surface area contributed by atoms with Gasteiger partial charge in [0.1, 0.15) is 10.7 Å². The molecule has 0 amide bonds. The van der Waals surface area contributed by atoms with Crippen LogP contribution in [0.2, 0.25) is 0 Å². The average Bonchev–Trinajstić information content (AvgIpc) is 2.84. The van der Waals surface area contributed by atoms with Crippen LogP contribution in [0.3, 0.4) is 0 Å². The van der Waals surface area contributed by atoms with Crippen LogP contribution in [0.15, 0.2) is 23.1 Å². The van der Waals surface area contributed by atoms with Crippen LogP contribution in [-0.4, -0.2) is 56.0 Å². The van der Waals surface area contributed by atoms with Gasteiger partial charge in [0.05, 0.1) is 6.61 Å². The summed E-state index contributed by atoms with van der Waals surface area (Å²) in [6.45, 7) is 0.965. The number of rotatable bonds is 5. The van der Waals surface area contributed by atoms with Gasteiger partial charge in [0.2, 0.25) is 10.0 Å². The van der Waals surface area contributed by atoms with Crippen LogP contribution in [0.1, 0.15) is 18.4 Å². The van der Waals surface area contributed by atoms with Gasteiger partial charge in [-0.1, -0.05) is 6.07 Å². The lowest BCUT2D eigenvalue weighted by atomic mass is 10.2. The molecule has 1 aliphatic rings. The van der Waals surface area contributed by atoms with Gasteiger partial charge in [0, 0.05) is 19.6 Å². The molecular formula is C14H21FN2O3S. The number of halogens is 1. The minimum Gasteiger partial charge on any atom is -0.392 e. The van der Waals surface area contributed by atoms with Gasteiger partial charge in [-0.05, 0) is 44.1 Å². The molecule has 1 unspecified atom stereocenters. The Labute approximate surface area is 125 Å². The van der Waals surface area contributed by atoms with Crippen molar-refractivity contribution in [2.24, 2.45) is 0 Å². The summed E-state index contributed by atoms with van der Waals surface area (Å²) in [5, 5.41) is 9.08. The summed E-state index contributed by atoms with van der Waals surface area (Å²) in [6.07, 6.45) is 1.99. The van der Waals surface area contributed by atoms with Gasteiger partial charge in [-0.3, -0.25) is 0 Å². The molecule has 1 heterocycles. The molecule has 1 N–H and O–H groups in total. The summed E-state index contributed by atoms with van der Waals surface area (Å²) in [5.74, 6) is -0.793. The quantitative estimate of drug-likeness (QED) is 0.881. The number of likely N-dealkylation sites (N-methyl/N-ethyl adjacent to an activating group) is 2. The van der Waals surface area contributed by atoms with Crippen molar-refractivity contribution in [3.05, 3.63) is 29.6 Å². The van der Waals surface area contributed by atoms with Crippen molar-refractivity contribution >= 4 is 10.0 Å². The first kappa shape index (κ1) is 16.4. The highest BCUT2D eigenvalue weighted by atomic mass is 32.2. The van der Waals surface area contributed by atoms with Crippen molar-refractivity contribution in [3.8, 4) is 0 Å². The molecule has 0 spiro atoms. The van der Waals surface area contributed by atoms with E-state index in [2.05, 4.69) is 4.90 Å². The highest BCUT2D eigenvalue weighted by Crippen LogP contribution is 2.22. The zero-order valence-electron chi connectivity index (χ0n) is 12.3. The van der Waals surface area contributed by atoms with Crippen LogP contribution < -0.4 is 0 Å². The fraction of sp³-hybridized carbons (Fsp3) is 0.571. The molecule has 21 heavy (non-hydrogen) atoms. The first-order chi connectivity index (χ1) is 9.86. The van der Waals surface area contributed by atoms with Crippen molar-refractivity contribution in [3.63, 3.8) is 0 Å². The van der Waals surface area contributed by atoms with E-state index < -0.39 is 15.8 Å². The van der Waals surface area contributed by atoms with E-state index in [1.54, 1.807) is 0 Å². The van der Waals surface area contributed by atoms with Crippen molar-refractivity contribution < 1.29 is 17.9 Å². The SMILES string of the molecule is CN1CCCC1CN(C)S(=O)(=O)c1cc(CO)ccc1F. The van der Waals surface area contributed by atoms with Crippen molar-refractivity contribution in [1.29, 1.82) is 0 Å². The summed E-state index contributed by atoms with van der Waals surface area (Å²) >= 11 is 0. The number of aliphatic hydroxyl groups is 1. The first-order valence-electron chi connectivity index (χ1n) is 6.92. The minimum absolute atomic E-state index is 0.161. The molecule has 1 fully saturated rings. The van der Waals surface area contributed by atoms with Crippen LogP contribution in [0, 0.1) is 5.82 Å². The monoisotopic (exact) mass is 316 g/mol. The Balaban J connectivity index is 2.24. The third kappa shape index (κ3) is 3.42. The molecule has 1 saturated heterocycles. The number of aliphatic hydroxyl groups excluding tert-OH is 1. The number of benzene rings is 1. The molecule has 0 aromatic heterocycles. The second kappa shape index (κ2) is 6.39. The highest BCUT2D eigenvalue weighted by Gasteiger charge is 2.29. The molecule has 1 aromatic carbocycles. The Hall–Kier alpha value is -1.02. The fourth-order valence-corrected chi connectivity index (χ4v) is 3.94. The third-order valence-corrected chi connectivity index (χ3v) is 5.84. The molecule has 0 aliphatic carbocycles. The van der Waals surface area contributed by atoms with Gasteiger partial charge in [-0.25, -0.2) is 12.8 Å². The Bertz CT molecular complexity index is 606. The van der Waals surface area contributed by atoms with Crippen molar-refractivity contribution in [1.82, 2.24) is 9.21 Å². The molecule has 0 saturated carbocycles. The molecule has 1 aliphatic heterocycles. The van der Waals surface area contributed by atoms with Gasteiger partial charge in [-0.15, -0.1) is 0 Å². The molecule has 118 valence electrons. The van der Waals surface area contributed by atoms with Crippen LogP contribution in [0.5, 0.6) is 0 Å². The maximum absolute atomic E-state index is 13.9. The fourth-order valence-electron chi connectivity index (χ4n) is 2.62. The van der Waals surface area contributed by atoms with Crippen LogP contribution in [0.4, 0.5) is 4.39 Å². The van der Waals surface area contributed by atoms with Crippen LogP contribution >= 0.6 is 0 Å². The van der Waals surface area contributed by atoms with Gasteiger partial charge in [0.25, 0.3) is 0 Å². The number of hydrogen-bond donors (Lipinski definition) is 1. The van der Waals surface area contributed by atoms with Crippen LogP contribution in [-0.2, 0) is 16.6 Å². The van der Waals surface area contributed by atoms with Gasteiger partial charge < -0.3 is 10.0 Å². The molecule has 7 heteroatoms. The zero-order valence-corrected chi connectivity index (χ0v) is 13.1. The Morgan fingerprint density at radius 2 is 2.19 bits per heavy atom. The number of likely N-dealkylation sites (tertiary alicyclic amines) is 1. The first-order valence-corrected chi connectivity index (χ1v) is 8.36. The molecule has 1 aromatic rings. The molecule has 2 rings (SSSR count). The topological polar surface area (TPSA) is 60.9 Å². The molecule has 0 radical (unpaired) electrons. The Morgan fingerprint density at radius 3 is 2.76 bits per heavy atom. The van der Waals surface area contributed by atoms with E-state index in [-0.39, 0.29) is 17.5 Å². The largest absolute Gasteiger partial charge is 0.392 e. The van der Waals surface area contributed by atoms with Crippen molar-refractivity contribution in [2.45, 2.75) is 30.4 Å². The lowest BCUT2D eigenvalue weighted by Crippen LogP contribution is -2.39. The second-order valence-corrected chi connectivity index (χ2v) is 7.50. The van der Waals surface area contributed by atoms with Gasteiger partial charge in [-0.2, -0.15) is 4.31 Å². The van der Waals surface area contributed by atoms with E-state index in [0.717, 1.165) is 25.5 Å². The van der Waals surface area contributed by atoms with Gasteiger partial charge in [0.15, 0.2) is 0 Å². The molecular weight excluding hydrogens is 295 g/mol. The summed E-state index contributed by atoms with van der Waals surface area (Å²) in [4.78, 5) is 1.74. The van der Waals surface area contributed by atoms with E-state index in [1.165, 1.54) is 23.5 Å². The predicted molar refractivity (Wildman–Crippen MR) is 77.8 cm³/mol. The van der Waals surface area contributed by atoms with Crippen LogP contribution in [0.25, 0.3) is 0 Å². The summed E-state index contributed by atoms with van der Waals surface area (Å²) in [5.41, 5.74) is 0.376. The molecule has 0 bridgehead atoms. The standard InChI is InChI=1S/C14H21FN2O3S/c1-16-7-3-4-12(16)9-17(2)21(19,20)14-8-11(10-18)5-6-13(14)15/h5-6,8,12,18H,3-4,7,9-10H2,1-2H3. The van der Waals surface area contributed by atoms with E-state index in [0.29, 0.717) is 12.1 Å². The summed E-state index contributed by atoms with van der Waals surface area (Å²) in [7, 11) is -0.464. The lowest BCUT2D eigenvalue weighted by Gasteiger charge is -2.25. The van der Waals surface area contributed by atoms with E-state index >= 15 is 0 Å². The van der Waals surface area contributed by atoms with E-state index in [9.17, 15) is 12.8 Å². The average molecular weight is 316 g/mol. The lowest BCUT2D eigenvalue weighted by molar-refractivity contribution is 0.270. The molecule has 5 nitrogen and oxygen atoms in total. The Morgan fingerprint density at radius 1 is 1.48 bits per heavy atom. The summed E-state index contributed by atoms with van der Waals surface area (Å²) < 4.78 is 40.1. The minimum atomic E-state index is -3.89. The molecule has 1 atom stereocenters. The smallest absolute Gasteiger partial charge is 0.245 e. The zero-order chi connectivity index (χ0) is 15.6.